The number of benzene rings is 1. The summed E-state index contributed by atoms with van der Waals surface area (Å²) in [5.41, 5.74) is 3.77. The Morgan fingerprint density at radius 2 is 1.92 bits per heavy atom. The highest BCUT2D eigenvalue weighted by molar-refractivity contribution is 5.83. The first kappa shape index (κ1) is 18.0. The molecule has 0 aliphatic rings. The topological polar surface area (TPSA) is 60.7 Å². The van der Waals surface area contributed by atoms with Crippen LogP contribution in [-0.4, -0.2) is 35.4 Å². The van der Waals surface area contributed by atoms with E-state index in [9.17, 15) is 0 Å². The van der Waals surface area contributed by atoms with E-state index >= 15 is 0 Å². The van der Waals surface area contributed by atoms with Crippen LogP contribution in [0.15, 0.2) is 30.5 Å². The van der Waals surface area contributed by atoms with E-state index in [1.54, 1.807) is 20.4 Å². The van der Waals surface area contributed by atoms with Crippen LogP contribution >= 0.6 is 0 Å². The van der Waals surface area contributed by atoms with Crippen LogP contribution < -0.4 is 14.8 Å². The zero-order valence-electron chi connectivity index (χ0n) is 16.0. The van der Waals surface area contributed by atoms with Crippen LogP contribution in [-0.2, 0) is 6.42 Å². The molecule has 0 bridgehead atoms. The number of rotatable bonds is 7. The molecule has 0 radical (unpaired) electrons. The van der Waals surface area contributed by atoms with E-state index in [0.29, 0.717) is 5.92 Å². The second kappa shape index (κ2) is 7.64. The minimum atomic E-state index is 0.537. The Morgan fingerprint density at radius 1 is 1.12 bits per heavy atom. The average molecular weight is 354 g/mol. The molecule has 1 aromatic carbocycles. The van der Waals surface area contributed by atoms with E-state index < -0.39 is 0 Å². The van der Waals surface area contributed by atoms with E-state index in [-0.39, 0.29) is 0 Å². The van der Waals surface area contributed by atoms with Gasteiger partial charge in [0.15, 0.2) is 11.5 Å². The zero-order valence-corrected chi connectivity index (χ0v) is 16.0. The summed E-state index contributed by atoms with van der Waals surface area (Å²) in [6.07, 6.45) is 2.64. The van der Waals surface area contributed by atoms with Gasteiger partial charge in [-0.2, -0.15) is 9.61 Å². The number of hydrogen-bond donors (Lipinski definition) is 1. The summed E-state index contributed by atoms with van der Waals surface area (Å²) >= 11 is 0. The predicted octanol–water partition coefficient (Wildman–Crippen LogP) is 4.04. The van der Waals surface area contributed by atoms with Crippen molar-refractivity contribution in [2.75, 3.05) is 26.1 Å². The van der Waals surface area contributed by atoms with Gasteiger partial charge in [0.25, 0.3) is 0 Å². The highest BCUT2D eigenvalue weighted by Gasteiger charge is 2.18. The molecule has 0 amide bonds. The zero-order chi connectivity index (χ0) is 18.7. The van der Waals surface area contributed by atoms with E-state index in [0.717, 1.165) is 52.8 Å². The van der Waals surface area contributed by atoms with E-state index in [1.165, 1.54) is 0 Å². The van der Waals surface area contributed by atoms with Crippen LogP contribution in [0.25, 0.3) is 16.8 Å². The maximum absolute atomic E-state index is 5.58. The predicted molar refractivity (Wildman–Crippen MR) is 104 cm³/mol. The standard InChI is InChI=1S/C20H26N4O2/c1-6-17-20(21-12-13(2)3)24-19(23-17)16(9-10-22-24)15-8-7-14(25-4)11-18(15)26-5/h7-11,13,21H,6,12H2,1-5H3. The van der Waals surface area contributed by atoms with Gasteiger partial charge in [0.2, 0.25) is 0 Å². The van der Waals surface area contributed by atoms with Gasteiger partial charge in [-0.25, -0.2) is 4.98 Å². The number of aromatic nitrogens is 3. The fraction of sp³-hybridized carbons (Fsp3) is 0.400. The Bertz CT molecular complexity index is 902. The minimum Gasteiger partial charge on any atom is -0.497 e. The second-order valence-electron chi connectivity index (χ2n) is 6.58. The molecule has 2 aromatic heterocycles. The fourth-order valence-electron chi connectivity index (χ4n) is 2.95. The van der Waals surface area contributed by atoms with Crippen LogP contribution in [0.1, 0.15) is 26.5 Å². The van der Waals surface area contributed by atoms with Crippen LogP contribution in [0.4, 0.5) is 5.82 Å². The largest absolute Gasteiger partial charge is 0.497 e. The van der Waals surface area contributed by atoms with E-state index in [2.05, 4.69) is 31.2 Å². The number of nitrogens with one attached hydrogen (secondary N) is 1. The van der Waals surface area contributed by atoms with Crippen molar-refractivity contribution in [2.45, 2.75) is 27.2 Å². The van der Waals surface area contributed by atoms with E-state index in [4.69, 9.17) is 14.5 Å². The first-order chi connectivity index (χ1) is 12.6. The molecule has 0 aliphatic heterocycles. The Kier molecular flexibility index (Phi) is 5.30. The molecule has 0 atom stereocenters. The van der Waals surface area contributed by atoms with Gasteiger partial charge in [-0.05, 0) is 30.5 Å². The molecule has 6 nitrogen and oxygen atoms in total. The number of imidazole rings is 1. The molecular weight excluding hydrogens is 328 g/mol. The summed E-state index contributed by atoms with van der Waals surface area (Å²) in [7, 11) is 3.31. The fourth-order valence-corrected chi connectivity index (χ4v) is 2.95. The second-order valence-corrected chi connectivity index (χ2v) is 6.58. The van der Waals surface area contributed by atoms with Gasteiger partial charge in [0.1, 0.15) is 11.5 Å². The van der Waals surface area contributed by atoms with E-state index in [1.807, 2.05) is 28.8 Å². The molecule has 2 heterocycles. The highest BCUT2D eigenvalue weighted by atomic mass is 16.5. The molecule has 0 fully saturated rings. The monoisotopic (exact) mass is 354 g/mol. The number of fused-ring (bicyclic) bond motifs is 1. The van der Waals surface area contributed by atoms with Crippen molar-refractivity contribution < 1.29 is 9.47 Å². The summed E-state index contributed by atoms with van der Waals surface area (Å²) in [5, 5.41) is 8.03. The van der Waals surface area contributed by atoms with Crippen molar-refractivity contribution in [3.05, 3.63) is 36.2 Å². The number of methoxy groups -OCH3 is 2. The maximum atomic E-state index is 5.58. The summed E-state index contributed by atoms with van der Waals surface area (Å²) in [6, 6.07) is 7.77. The van der Waals surface area contributed by atoms with Gasteiger partial charge < -0.3 is 14.8 Å². The van der Waals surface area contributed by atoms with Crippen molar-refractivity contribution in [2.24, 2.45) is 5.92 Å². The van der Waals surface area contributed by atoms with Gasteiger partial charge in [0, 0.05) is 29.9 Å². The van der Waals surface area contributed by atoms with Gasteiger partial charge in [-0.15, -0.1) is 0 Å². The third-order valence-corrected chi connectivity index (χ3v) is 4.30. The lowest BCUT2D eigenvalue weighted by Crippen LogP contribution is -2.11. The Morgan fingerprint density at radius 3 is 2.58 bits per heavy atom. The Hall–Kier alpha value is -2.76. The quantitative estimate of drug-likeness (QED) is 0.694. The summed E-state index contributed by atoms with van der Waals surface area (Å²) in [6.45, 7) is 7.35. The molecule has 3 rings (SSSR count). The molecule has 0 saturated carbocycles. The number of anilines is 1. The third kappa shape index (κ3) is 3.31. The Balaban J connectivity index is 2.16. The third-order valence-electron chi connectivity index (χ3n) is 4.30. The number of nitrogens with zero attached hydrogens (tertiary/aromatic N) is 3. The first-order valence-corrected chi connectivity index (χ1v) is 8.91. The molecule has 0 unspecified atom stereocenters. The van der Waals surface area contributed by atoms with Gasteiger partial charge in [-0.3, -0.25) is 0 Å². The number of ether oxygens (including phenoxy) is 2. The van der Waals surface area contributed by atoms with Crippen LogP contribution in [0, 0.1) is 5.92 Å². The molecule has 0 aliphatic carbocycles. The average Bonchev–Trinajstić information content (AvgIpc) is 3.03. The molecule has 0 spiro atoms. The van der Waals surface area contributed by atoms with Gasteiger partial charge >= 0.3 is 0 Å². The van der Waals surface area contributed by atoms with Crippen molar-refractivity contribution in [3.8, 4) is 22.6 Å². The highest BCUT2D eigenvalue weighted by Crippen LogP contribution is 2.36. The number of aryl methyl sites for hydroxylation is 1. The lowest BCUT2D eigenvalue weighted by molar-refractivity contribution is 0.395. The molecule has 26 heavy (non-hydrogen) atoms. The smallest absolute Gasteiger partial charge is 0.164 e. The number of hydrogen-bond acceptors (Lipinski definition) is 5. The molecule has 3 aromatic rings. The molecule has 0 saturated heterocycles. The summed E-state index contributed by atoms with van der Waals surface area (Å²) < 4.78 is 12.8. The van der Waals surface area contributed by atoms with Crippen molar-refractivity contribution in [1.82, 2.24) is 14.6 Å². The van der Waals surface area contributed by atoms with Gasteiger partial charge in [-0.1, -0.05) is 20.8 Å². The maximum Gasteiger partial charge on any atom is 0.164 e. The first-order valence-electron chi connectivity index (χ1n) is 8.91. The van der Waals surface area contributed by atoms with Gasteiger partial charge in [0.05, 0.1) is 19.9 Å². The van der Waals surface area contributed by atoms with Crippen molar-refractivity contribution in [1.29, 1.82) is 0 Å². The van der Waals surface area contributed by atoms with Crippen LogP contribution in [0.3, 0.4) is 0 Å². The molecule has 6 heteroatoms. The normalized spacial score (nSPS) is 11.2. The van der Waals surface area contributed by atoms with Crippen LogP contribution in [0.2, 0.25) is 0 Å². The summed E-state index contributed by atoms with van der Waals surface area (Å²) in [4.78, 5) is 4.85. The minimum absolute atomic E-state index is 0.537. The van der Waals surface area contributed by atoms with Crippen molar-refractivity contribution >= 4 is 11.5 Å². The van der Waals surface area contributed by atoms with Crippen LogP contribution in [0.5, 0.6) is 11.5 Å². The lowest BCUT2D eigenvalue weighted by atomic mass is 10.1. The molecular formula is C20H26N4O2. The molecule has 1 N–H and O–H groups in total. The van der Waals surface area contributed by atoms with Crippen molar-refractivity contribution in [3.63, 3.8) is 0 Å². The Labute approximate surface area is 154 Å². The SMILES string of the molecule is CCc1nc2c(-c3ccc(OC)cc3OC)ccnn2c1NCC(C)C. The lowest BCUT2D eigenvalue weighted by Gasteiger charge is -2.12. The molecule has 138 valence electrons. The summed E-state index contributed by atoms with van der Waals surface area (Å²) in [5.74, 6) is 3.00.